The lowest BCUT2D eigenvalue weighted by Gasteiger charge is -2.10. The second-order valence-corrected chi connectivity index (χ2v) is 6.45. The lowest BCUT2D eigenvalue weighted by atomic mass is 10.1. The second kappa shape index (κ2) is 6.12. The van der Waals surface area contributed by atoms with Crippen LogP contribution in [0.4, 0.5) is 11.4 Å². The summed E-state index contributed by atoms with van der Waals surface area (Å²) in [4.78, 5) is 9.96. The number of benzene rings is 2. The fourth-order valence-corrected chi connectivity index (χ4v) is 3.04. The monoisotopic (exact) mass is 321 g/mol. The SMILES string of the molecule is Cc1cc(CN)cc(NS(=O)(=O)c2ccc([N+](=O)[O-])cc2)c1. The molecule has 0 aliphatic rings. The molecule has 7 nitrogen and oxygen atoms in total. The fraction of sp³-hybridized carbons (Fsp3) is 0.143. The molecule has 2 aromatic rings. The maximum Gasteiger partial charge on any atom is 0.269 e. The molecule has 22 heavy (non-hydrogen) atoms. The first-order chi connectivity index (χ1) is 10.3. The lowest BCUT2D eigenvalue weighted by Crippen LogP contribution is -2.13. The number of aryl methyl sites for hydroxylation is 1. The number of anilines is 1. The number of non-ortho nitro benzene ring substituents is 1. The molecule has 0 amide bonds. The van der Waals surface area contributed by atoms with Gasteiger partial charge < -0.3 is 5.73 Å². The van der Waals surface area contributed by atoms with Gasteiger partial charge in [-0.15, -0.1) is 0 Å². The van der Waals surface area contributed by atoms with Crippen molar-refractivity contribution >= 4 is 21.4 Å². The zero-order valence-electron chi connectivity index (χ0n) is 11.8. The van der Waals surface area contributed by atoms with Crippen molar-refractivity contribution in [3.8, 4) is 0 Å². The van der Waals surface area contributed by atoms with Crippen LogP contribution in [0, 0.1) is 17.0 Å². The van der Waals surface area contributed by atoms with Gasteiger partial charge in [0.2, 0.25) is 0 Å². The Morgan fingerprint density at radius 1 is 1.18 bits per heavy atom. The normalized spacial score (nSPS) is 11.2. The number of rotatable bonds is 5. The highest BCUT2D eigenvalue weighted by Crippen LogP contribution is 2.21. The van der Waals surface area contributed by atoms with Crippen LogP contribution in [-0.2, 0) is 16.6 Å². The van der Waals surface area contributed by atoms with Crippen molar-refractivity contribution in [1.29, 1.82) is 0 Å². The van der Waals surface area contributed by atoms with Gasteiger partial charge in [-0.1, -0.05) is 6.07 Å². The van der Waals surface area contributed by atoms with Crippen LogP contribution in [0.5, 0.6) is 0 Å². The maximum atomic E-state index is 12.3. The third-order valence-corrected chi connectivity index (χ3v) is 4.38. The van der Waals surface area contributed by atoms with Gasteiger partial charge in [-0.2, -0.15) is 0 Å². The molecule has 0 aromatic heterocycles. The summed E-state index contributed by atoms with van der Waals surface area (Å²) in [5.41, 5.74) is 7.49. The Morgan fingerprint density at radius 3 is 2.36 bits per heavy atom. The van der Waals surface area contributed by atoms with Crippen LogP contribution in [-0.4, -0.2) is 13.3 Å². The predicted octanol–water partition coefficient (Wildman–Crippen LogP) is 2.16. The molecule has 0 aliphatic carbocycles. The van der Waals surface area contributed by atoms with Gasteiger partial charge in [0, 0.05) is 24.4 Å². The fourth-order valence-electron chi connectivity index (χ4n) is 2.00. The smallest absolute Gasteiger partial charge is 0.269 e. The number of nitrogens with one attached hydrogen (secondary N) is 1. The minimum atomic E-state index is -3.81. The van der Waals surface area contributed by atoms with Crippen LogP contribution < -0.4 is 10.5 Å². The zero-order valence-corrected chi connectivity index (χ0v) is 12.6. The van der Waals surface area contributed by atoms with E-state index in [0.29, 0.717) is 12.2 Å². The van der Waals surface area contributed by atoms with E-state index in [1.54, 1.807) is 12.1 Å². The van der Waals surface area contributed by atoms with Crippen molar-refractivity contribution in [2.45, 2.75) is 18.4 Å². The summed E-state index contributed by atoms with van der Waals surface area (Å²) in [6.45, 7) is 2.14. The number of nitro groups is 1. The molecule has 116 valence electrons. The van der Waals surface area contributed by atoms with E-state index in [2.05, 4.69) is 4.72 Å². The first-order valence-electron chi connectivity index (χ1n) is 6.40. The summed E-state index contributed by atoms with van der Waals surface area (Å²) < 4.78 is 27.0. The molecule has 8 heteroatoms. The Balaban J connectivity index is 2.31. The van der Waals surface area contributed by atoms with Crippen molar-refractivity contribution in [1.82, 2.24) is 0 Å². The molecule has 0 atom stereocenters. The highest BCUT2D eigenvalue weighted by molar-refractivity contribution is 7.92. The molecule has 0 saturated heterocycles. The summed E-state index contributed by atoms with van der Waals surface area (Å²) in [6, 6.07) is 9.88. The quantitative estimate of drug-likeness (QED) is 0.646. The second-order valence-electron chi connectivity index (χ2n) is 4.77. The van der Waals surface area contributed by atoms with Gasteiger partial charge in [0.25, 0.3) is 15.7 Å². The van der Waals surface area contributed by atoms with Gasteiger partial charge in [0.05, 0.1) is 9.82 Å². The van der Waals surface area contributed by atoms with Crippen LogP contribution in [0.2, 0.25) is 0 Å². The van der Waals surface area contributed by atoms with Crippen molar-refractivity contribution in [3.63, 3.8) is 0 Å². The molecule has 3 N–H and O–H groups in total. The van der Waals surface area contributed by atoms with E-state index in [9.17, 15) is 18.5 Å². The first-order valence-corrected chi connectivity index (χ1v) is 7.88. The molecule has 0 heterocycles. The van der Waals surface area contributed by atoms with Crippen molar-refractivity contribution < 1.29 is 13.3 Å². The highest BCUT2D eigenvalue weighted by Gasteiger charge is 2.16. The largest absolute Gasteiger partial charge is 0.326 e. The zero-order chi connectivity index (χ0) is 16.3. The van der Waals surface area contributed by atoms with E-state index < -0.39 is 14.9 Å². The predicted molar refractivity (Wildman–Crippen MR) is 83.0 cm³/mol. The molecule has 2 aromatic carbocycles. The minimum Gasteiger partial charge on any atom is -0.326 e. The molecule has 0 saturated carbocycles. The number of sulfonamides is 1. The maximum absolute atomic E-state index is 12.3. The third kappa shape index (κ3) is 3.60. The van der Waals surface area contributed by atoms with Crippen molar-refractivity contribution in [3.05, 3.63) is 63.7 Å². The average molecular weight is 321 g/mol. The summed E-state index contributed by atoms with van der Waals surface area (Å²) in [7, 11) is -3.81. The van der Waals surface area contributed by atoms with Crippen molar-refractivity contribution in [2.75, 3.05) is 4.72 Å². The Labute approximate surface area is 128 Å². The average Bonchev–Trinajstić information content (AvgIpc) is 2.46. The van der Waals surface area contributed by atoms with Gasteiger partial charge >= 0.3 is 0 Å². The lowest BCUT2D eigenvalue weighted by molar-refractivity contribution is -0.384. The van der Waals surface area contributed by atoms with E-state index in [1.165, 1.54) is 12.1 Å². The van der Waals surface area contributed by atoms with Gasteiger partial charge in [-0.25, -0.2) is 8.42 Å². The number of nitrogens with two attached hydrogens (primary N) is 1. The minimum absolute atomic E-state index is 0.0473. The van der Waals surface area contributed by atoms with E-state index in [-0.39, 0.29) is 10.6 Å². The summed E-state index contributed by atoms with van der Waals surface area (Å²) in [5.74, 6) is 0. The van der Waals surface area contributed by atoms with E-state index in [1.807, 2.05) is 13.0 Å². The Kier molecular flexibility index (Phi) is 4.43. The first kappa shape index (κ1) is 15.9. The molecule has 0 fully saturated rings. The molecular formula is C14H15N3O4S. The molecule has 0 spiro atoms. The third-order valence-electron chi connectivity index (χ3n) is 2.98. The van der Waals surface area contributed by atoms with E-state index >= 15 is 0 Å². The molecular weight excluding hydrogens is 306 g/mol. The molecule has 0 radical (unpaired) electrons. The van der Waals surface area contributed by atoms with Crippen LogP contribution >= 0.6 is 0 Å². The Bertz CT molecular complexity index is 801. The van der Waals surface area contributed by atoms with Crippen molar-refractivity contribution in [2.24, 2.45) is 5.73 Å². The summed E-state index contributed by atoms with van der Waals surface area (Å²) >= 11 is 0. The van der Waals surface area contributed by atoms with Gasteiger partial charge in [-0.3, -0.25) is 14.8 Å². The van der Waals surface area contributed by atoms with Gasteiger partial charge in [0.1, 0.15) is 0 Å². The molecule has 0 unspecified atom stereocenters. The Morgan fingerprint density at radius 2 is 1.82 bits per heavy atom. The topological polar surface area (TPSA) is 115 Å². The van der Waals surface area contributed by atoms with Crippen LogP contribution in [0.1, 0.15) is 11.1 Å². The molecule has 0 aliphatic heterocycles. The van der Waals surface area contributed by atoms with Gasteiger partial charge in [-0.05, 0) is 42.3 Å². The number of hydrogen-bond donors (Lipinski definition) is 2. The van der Waals surface area contributed by atoms with E-state index in [4.69, 9.17) is 5.73 Å². The van der Waals surface area contributed by atoms with Crippen LogP contribution in [0.15, 0.2) is 47.4 Å². The number of nitrogens with zero attached hydrogens (tertiary/aromatic N) is 1. The molecule has 2 rings (SSSR count). The Hall–Kier alpha value is -2.45. The highest BCUT2D eigenvalue weighted by atomic mass is 32.2. The van der Waals surface area contributed by atoms with Crippen LogP contribution in [0.3, 0.4) is 0 Å². The summed E-state index contributed by atoms with van der Waals surface area (Å²) in [5, 5.41) is 10.6. The van der Waals surface area contributed by atoms with Crippen LogP contribution in [0.25, 0.3) is 0 Å². The van der Waals surface area contributed by atoms with Gasteiger partial charge in [0.15, 0.2) is 0 Å². The number of hydrogen-bond acceptors (Lipinski definition) is 5. The summed E-state index contributed by atoms with van der Waals surface area (Å²) in [6.07, 6.45) is 0. The standard InChI is InChI=1S/C14H15N3O4S/c1-10-6-11(9-15)8-12(7-10)16-22(20,21)14-4-2-13(3-5-14)17(18)19/h2-8,16H,9,15H2,1H3. The molecule has 0 bridgehead atoms. The number of nitro benzene ring substituents is 1. The van der Waals surface area contributed by atoms with E-state index in [0.717, 1.165) is 23.3 Å².